The monoisotopic (exact) mass is 209 g/mol. The van der Waals surface area contributed by atoms with Gasteiger partial charge in [-0.1, -0.05) is 0 Å². The van der Waals surface area contributed by atoms with Crippen molar-refractivity contribution in [3.63, 3.8) is 0 Å². The quantitative estimate of drug-likeness (QED) is 0.711. The molecule has 2 atom stereocenters. The Balaban J connectivity index is 2.03. The van der Waals surface area contributed by atoms with Crippen molar-refractivity contribution in [1.82, 2.24) is 15.1 Å². The minimum atomic E-state index is -0.148. The Bertz CT molecular complexity index is 361. The van der Waals surface area contributed by atoms with Crippen molar-refractivity contribution < 1.29 is 9.53 Å². The highest BCUT2D eigenvalue weighted by molar-refractivity contribution is 5.98. The maximum atomic E-state index is 11.9. The summed E-state index contributed by atoms with van der Waals surface area (Å²) in [6.07, 6.45) is 2.64. The van der Waals surface area contributed by atoms with Gasteiger partial charge in [0.15, 0.2) is 5.78 Å². The third kappa shape index (κ3) is 2.08. The molecule has 0 bridgehead atoms. The molecule has 1 aliphatic heterocycles. The molecule has 5 heteroatoms. The van der Waals surface area contributed by atoms with Gasteiger partial charge in [0.05, 0.1) is 12.1 Å². The maximum absolute atomic E-state index is 11.9. The summed E-state index contributed by atoms with van der Waals surface area (Å²) in [5.74, 6) is 0.0511. The van der Waals surface area contributed by atoms with Gasteiger partial charge in [0.25, 0.3) is 0 Å². The molecule has 2 heterocycles. The van der Waals surface area contributed by atoms with Crippen LogP contribution in [0.4, 0.5) is 0 Å². The number of ether oxygens (including phenoxy) is 1. The van der Waals surface area contributed by atoms with Crippen LogP contribution in [0.3, 0.4) is 0 Å². The van der Waals surface area contributed by atoms with Crippen molar-refractivity contribution in [2.75, 3.05) is 13.7 Å². The molecule has 0 saturated carbocycles. The van der Waals surface area contributed by atoms with E-state index in [0.717, 1.165) is 13.0 Å². The van der Waals surface area contributed by atoms with Gasteiger partial charge >= 0.3 is 0 Å². The summed E-state index contributed by atoms with van der Waals surface area (Å²) in [5, 5.41) is 7.23. The van der Waals surface area contributed by atoms with E-state index in [1.54, 1.807) is 31.1 Å². The molecule has 0 aromatic carbocycles. The summed E-state index contributed by atoms with van der Waals surface area (Å²) in [4.78, 5) is 11.9. The second kappa shape index (κ2) is 4.12. The topological polar surface area (TPSA) is 56.1 Å². The highest BCUT2D eigenvalue weighted by Crippen LogP contribution is 2.13. The van der Waals surface area contributed by atoms with Crippen LogP contribution >= 0.6 is 0 Å². The van der Waals surface area contributed by atoms with Crippen molar-refractivity contribution in [2.45, 2.75) is 18.6 Å². The van der Waals surface area contributed by atoms with Crippen LogP contribution in [0.1, 0.15) is 16.9 Å². The van der Waals surface area contributed by atoms with E-state index in [1.807, 2.05) is 0 Å². The van der Waals surface area contributed by atoms with Crippen LogP contribution in [0.15, 0.2) is 12.3 Å². The third-order valence-corrected chi connectivity index (χ3v) is 2.71. The average Bonchev–Trinajstić information content (AvgIpc) is 2.84. The number of aromatic nitrogens is 2. The zero-order valence-corrected chi connectivity index (χ0v) is 8.93. The molecule has 1 fully saturated rings. The van der Waals surface area contributed by atoms with Gasteiger partial charge in [-0.05, 0) is 12.5 Å². The lowest BCUT2D eigenvalue weighted by Gasteiger charge is -2.06. The number of hydrogen-bond acceptors (Lipinski definition) is 4. The number of methoxy groups -OCH3 is 1. The number of carbonyl (C=O) groups excluding carboxylic acids is 1. The zero-order chi connectivity index (χ0) is 10.8. The molecule has 0 aliphatic carbocycles. The van der Waals surface area contributed by atoms with Crippen molar-refractivity contribution in [1.29, 1.82) is 0 Å². The minimum absolute atomic E-state index is 0.0511. The zero-order valence-electron chi connectivity index (χ0n) is 8.93. The average molecular weight is 209 g/mol. The molecule has 15 heavy (non-hydrogen) atoms. The van der Waals surface area contributed by atoms with Gasteiger partial charge in [0, 0.05) is 26.9 Å². The number of rotatable bonds is 3. The van der Waals surface area contributed by atoms with E-state index in [4.69, 9.17) is 4.74 Å². The second-order valence-corrected chi connectivity index (χ2v) is 3.79. The summed E-state index contributed by atoms with van der Waals surface area (Å²) in [5.41, 5.74) is 0.520. The van der Waals surface area contributed by atoms with E-state index in [2.05, 4.69) is 10.4 Å². The Labute approximate surface area is 88.4 Å². The normalized spacial score (nSPS) is 25.7. The standard InChI is InChI=1S/C10H15N3O2/c1-13-4-3-8(12-13)10(14)9-5-7(15-2)6-11-9/h3-4,7,9,11H,5-6H2,1-2H3. The molecule has 2 unspecified atom stereocenters. The first-order valence-corrected chi connectivity index (χ1v) is 5.00. The van der Waals surface area contributed by atoms with E-state index in [9.17, 15) is 4.79 Å². The molecule has 0 spiro atoms. The lowest BCUT2D eigenvalue weighted by atomic mass is 10.1. The summed E-state index contributed by atoms with van der Waals surface area (Å²) in [6.45, 7) is 0.736. The largest absolute Gasteiger partial charge is 0.380 e. The fraction of sp³-hybridized carbons (Fsp3) is 0.600. The van der Waals surface area contributed by atoms with E-state index < -0.39 is 0 Å². The fourth-order valence-electron chi connectivity index (χ4n) is 1.81. The summed E-state index contributed by atoms with van der Waals surface area (Å²) < 4.78 is 6.83. The van der Waals surface area contributed by atoms with Crippen LogP contribution in [0.2, 0.25) is 0 Å². The fourth-order valence-corrected chi connectivity index (χ4v) is 1.81. The number of nitrogens with zero attached hydrogens (tertiary/aromatic N) is 2. The minimum Gasteiger partial charge on any atom is -0.380 e. The van der Waals surface area contributed by atoms with Gasteiger partial charge in [-0.3, -0.25) is 9.48 Å². The van der Waals surface area contributed by atoms with Gasteiger partial charge in [-0.25, -0.2) is 0 Å². The van der Waals surface area contributed by atoms with Gasteiger partial charge in [-0.2, -0.15) is 5.10 Å². The highest BCUT2D eigenvalue weighted by Gasteiger charge is 2.30. The summed E-state index contributed by atoms with van der Waals surface area (Å²) in [6, 6.07) is 1.59. The summed E-state index contributed by atoms with van der Waals surface area (Å²) >= 11 is 0. The first-order valence-electron chi connectivity index (χ1n) is 5.00. The van der Waals surface area contributed by atoms with Gasteiger partial charge in [-0.15, -0.1) is 0 Å². The maximum Gasteiger partial charge on any atom is 0.199 e. The number of carbonyl (C=O) groups is 1. The first kappa shape index (κ1) is 10.3. The highest BCUT2D eigenvalue weighted by atomic mass is 16.5. The lowest BCUT2D eigenvalue weighted by molar-refractivity contribution is 0.0913. The van der Waals surface area contributed by atoms with Crippen LogP contribution in [0.25, 0.3) is 0 Å². The van der Waals surface area contributed by atoms with Gasteiger partial charge in [0.1, 0.15) is 5.69 Å². The van der Waals surface area contributed by atoms with Crippen LogP contribution in [0, 0.1) is 0 Å². The van der Waals surface area contributed by atoms with Crippen molar-refractivity contribution in [3.8, 4) is 0 Å². The SMILES string of the molecule is COC1CNC(C(=O)c2ccn(C)n2)C1. The molecule has 0 radical (unpaired) electrons. The predicted octanol–water partition coefficient (Wildman–Crippen LogP) is -0.0203. The van der Waals surface area contributed by atoms with Gasteiger partial charge < -0.3 is 10.1 Å². The Kier molecular flexibility index (Phi) is 2.83. The van der Waals surface area contributed by atoms with Gasteiger partial charge in [0.2, 0.25) is 0 Å². The first-order chi connectivity index (χ1) is 7.20. The smallest absolute Gasteiger partial charge is 0.199 e. The Hall–Kier alpha value is -1.20. The predicted molar refractivity (Wildman–Crippen MR) is 54.7 cm³/mol. The van der Waals surface area contributed by atoms with Crippen molar-refractivity contribution in [3.05, 3.63) is 18.0 Å². The molecule has 0 amide bonds. The molecule has 5 nitrogen and oxygen atoms in total. The van der Waals surface area contributed by atoms with Crippen molar-refractivity contribution in [2.24, 2.45) is 7.05 Å². The molecular weight excluding hydrogens is 194 g/mol. The molecular formula is C10H15N3O2. The number of nitrogens with one attached hydrogen (secondary N) is 1. The van der Waals surface area contributed by atoms with E-state index in [-0.39, 0.29) is 17.9 Å². The van der Waals surface area contributed by atoms with E-state index in [0.29, 0.717) is 5.69 Å². The van der Waals surface area contributed by atoms with Crippen molar-refractivity contribution >= 4 is 5.78 Å². The number of hydrogen-bond donors (Lipinski definition) is 1. The van der Waals surface area contributed by atoms with Crippen LogP contribution < -0.4 is 5.32 Å². The van der Waals surface area contributed by atoms with E-state index in [1.165, 1.54) is 0 Å². The number of ketones is 1. The Morgan fingerprint density at radius 3 is 3.07 bits per heavy atom. The lowest BCUT2D eigenvalue weighted by Crippen LogP contribution is -2.31. The Morgan fingerprint density at radius 2 is 2.53 bits per heavy atom. The van der Waals surface area contributed by atoms with Crippen LogP contribution in [-0.2, 0) is 11.8 Å². The van der Waals surface area contributed by atoms with E-state index >= 15 is 0 Å². The van der Waals surface area contributed by atoms with Crippen LogP contribution in [0.5, 0.6) is 0 Å². The van der Waals surface area contributed by atoms with Crippen LogP contribution in [-0.4, -0.2) is 41.4 Å². The molecule has 1 N–H and O–H groups in total. The number of aryl methyl sites for hydroxylation is 1. The molecule has 2 rings (SSSR count). The molecule has 82 valence electrons. The second-order valence-electron chi connectivity index (χ2n) is 3.79. The molecule has 1 aromatic rings. The molecule has 1 aromatic heterocycles. The third-order valence-electron chi connectivity index (χ3n) is 2.71. The summed E-state index contributed by atoms with van der Waals surface area (Å²) in [7, 11) is 3.47. The Morgan fingerprint density at radius 1 is 1.73 bits per heavy atom. The number of Topliss-reactive ketones (excluding diaryl/α,β-unsaturated/α-hetero) is 1. The molecule has 1 saturated heterocycles. The molecule has 1 aliphatic rings.